The van der Waals surface area contributed by atoms with Crippen LogP contribution in [0, 0.1) is 11.6 Å². The number of amides is 1. The van der Waals surface area contributed by atoms with Crippen molar-refractivity contribution >= 4 is 22.9 Å². The lowest BCUT2D eigenvalue weighted by Crippen LogP contribution is -2.25. The Morgan fingerprint density at radius 1 is 1.03 bits per heavy atom. The molecule has 10 heteroatoms. The quantitative estimate of drug-likeness (QED) is 0.286. The molecule has 38 heavy (non-hydrogen) atoms. The van der Waals surface area contributed by atoms with E-state index >= 15 is 0 Å². The van der Waals surface area contributed by atoms with Gasteiger partial charge in [-0.2, -0.15) is 4.98 Å². The number of carbonyl (C=O) groups excluding carboxylic acids is 1. The van der Waals surface area contributed by atoms with Crippen LogP contribution < -0.4 is 5.32 Å². The Bertz CT molecular complexity index is 1620. The molecule has 3 aromatic carbocycles. The van der Waals surface area contributed by atoms with Crippen LogP contribution in [-0.2, 0) is 4.84 Å². The van der Waals surface area contributed by atoms with Gasteiger partial charge in [0.15, 0.2) is 0 Å². The highest BCUT2D eigenvalue weighted by Gasteiger charge is 2.21. The summed E-state index contributed by atoms with van der Waals surface area (Å²) in [7, 11) is 2.89. The molecular formula is C28H24F2N6O2. The third kappa shape index (κ3) is 4.81. The van der Waals surface area contributed by atoms with E-state index in [1.165, 1.54) is 26.3 Å². The Labute approximate surface area is 217 Å². The van der Waals surface area contributed by atoms with Crippen molar-refractivity contribution in [3.63, 3.8) is 0 Å². The third-order valence-corrected chi connectivity index (χ3v) is 6.15. The minimum absolute atomic E-state index is 0.0775. The standard InChI is InChI=1S/C28H24F2N6O2/c1-17(18-7-5-4-6-8-18)32-28-31-14-13-25(34-28)36-24-12-9-19(27(37)35(2)38-3)15-23(24)33-26(36)21-11-10-20(29)16-22(21)30/h4-17H,1-3H3,(H,31,32,34)/t17-/m1/s1. The number of fused-ring (bicyclic) bond motifs is 1. The van der Waals surface area contributed by atoms with E-state index in [1.807, 2.05) is 37.3 Å². The summed E-state index contributed by atoms with van der Waals surface area (Å²) < 4.78 is 30.3. The number of imidazole rings is 1. The molecule has 8 nitrogen and oxygen atoms in total. The average Bonchev–Trinajstić information content (AvgIpc) is 3.31. The fourth-order valence-corrected chi connectivity index (χ4v) is 4.12. The molecule has 0 saturated heterocycles. The number of anilines is 1. The monoisotopic (exact) mass is 514 g/mol. The first-order valence-electron chi connectivity index (χ1n) is 11.8. The number of aromatic nitrogens is 4. The number of carbonyl (C=O) groups is 1. The van der Waals surface area contributed by atoms with E-state index in [-0.39, 0.29) is 23.3 Å². The van der Waals surface area contributed by atoms with Crippen molar-refractivity contribution in [1.82, 2.24) is 24.6 Å². The summed E-state index contributed by atoms with van der Waals surface area (Å²) in [5.74, 6) is -0.878. The fraction of sp³-hybridized carbons (Fsp3) is 0.143. The molecule has 0 radical (unpaired) electrons. The summed E-state index contributed by atoms with van der Waals surface area (Å²) in [5, 5.41) is 4.38. The van der Waals surface area contributed by atoms with Crippen molar-refractivity contribution < 1.29 is 18.4 Å². The summed E-state index contributed by atoms with van der Waals surface area (Å²) in [6, 6.07) is 19.7. The largest absolute Gasteiger partial charge is 0.348 e. The van der Waals surface area contributed by atoms with Gasteiger partial charge >= 0.3 is 0 Å². The van der Waals surface area contributed by atoms with Crippen LogP contribution in [0.15, 0.2) is 79.0 Å². The smallest absolute Gasteiger partial charge is 0.277 e. The van der Waals surface area contributed by atoms with E-state index in [1.54, 1.807) is 35.0 Å². The van der Waals surface area contributed by atoms with Gasteiger partial charge in [-0.15, -0.1) is 0 Å². The zero-order valence-electron chi connectivity index (χ0n) is 20.9. The van der Waals surface area contributed by atoms with Crippen LogP contribution >= 0.6 is 0 Å². The number of nitrogens with zero attached hydrogens (tertiary/aromatic N) is 5. The van der Waals surface area contributed by atoms with Gasteiger partial charge in [0, 0.05) is 24.9 Å². The van der Waals surface area contributed by atoms with Gasteiger partial charge in [-0.1, -0.05) is 30.3 Å². The molecule has 1 amide bonds. The van der Waals surface area contributed by atoms with Gasteiger partial charge in [0.2, 0.25) is 5.95 Å². The zero-order chi connectivity index (χ0) is 26.8. The zero-order valence-corrected chi connectivity index (χ0v) is 20.9. The number of hydroxylamine groups is 2. The van der Waals surface area contributed by atoms with Crippen LogP contribution in [-0.4, -0.2) is 44.6 Å². The summed E-state index contributed by atoms with van der Waals surface area (Å²) >= 11 is 0. The van der Waals surface area contributed by atoms with Crippen LogP contribution in [0.4, 0.5) is 14.7 Å². The van der Waals surface area contributed by atoms with Crippen molar-refractivity contribution in [1.29, 1.82) is 0 Å². The molecule has 0 aliphatic carbocycles. The Hall–Kier alpha value is -4.70. The topological polar surface area (TPSA) is 85.2 Å². The van der Waals surface area contributed by atoms with Crippen LogP contribution in [0.3, 0.4) is 0 Å². The van der Waals surface area contributed by atoms with Crippen LogP contribution in [0.1, 0.15) is 28.9 Å². The van der Waals surface area contributed by atoms with E-state index < -0.39 is 11.6 Å². The molecule has 1 atom stereocenters. The molecule has 0 fully saturated rings. The number of benzene rings is 3. The number of nitrogens with one attached hydrogen (secondary N) is 1. The van der Waals surface area contributed by atoms with Crippen molar-refractivity contribution in [2.24, 2.45) is 0 Å². The average molecular weight is 515 g/mol. The number of rotatable bonds is 7. The molecule has 2 heterocycles. The second kappa shape index (κ2) is 10.3. The molecule has 0 unspecified atom stereocenters. The summed E-state index contributed by atoms with van der Waals surface area (Å²) in [6.45, 7) is 1.99. The minimum atomic E-state index is -0.776. The Morgan fingerprint density at radius 2 is 1.82 bits per heavy atom. The van der Waals surface area contributed by atoms with E-state index in [0.717, 1.165) is 16.7 Å². The SMILES string of the molecule is CON(C)C(=O)c1ccc2c(c1)nc(-c1ccc(F)cc1F)n2-c1ccnc(N[C@H](C)c2ccccc2)n1. The van der Waals surface area contributed by atoms with Crippen molar-refractivity contribution in [2.45, 2.75) is 13.0 Å². The second-order valence-electron chi connectivity index (χ2n) is 8.60. The van der Waals surface area contributed by atoms with Crippen LogP contribution in [0.25, 0.3) is 28.2 Å². The third-order valence-electron chi connectivity index (χ3n) is 6.15. The summed E-state index contributed by atoms with van der Waals surface area (Å²) in [4.78, 5) is 31.3. The lowest BCUT2D eigenvalue weighted by atomic mass is 10.1. The molecule has 0 saturated carbocycles. The van der Waals surface area contributed by atoms with Gasteiger partial charge in [-0.05, 0) is 48.9 Å². The maximum Gasteiger partial charge on any atom is 0.277 e. The first-order chi connectivity index (χ1) is 18.4. The number of hydrogen-bond acceptors (Lipinski definition) is 6. The van der Waals surface area contributed by atoms with E-state index in [4.69, 9.17) is 4.84 Å². The first-order valence-corrected chi connectivity index (χ1v) is 11.8. The molecule has 5 aromatic rings. The lowest BCUT2D eigenvalue weighted by Gasteiger charge is -2.15. The Balaban J connectivity index is 1.64. The molecule has 0 spiro atoms. The van der Waals surface area contributed by atoms with Crippen LogP contribution in [0.2, 0.25) is 0 Å². The van der Waals surface area contributed by atoms with Gasteiger partial charge in [0.05, 0.1) is 29.7 Å². The molecule has 5 rings (SSSR count). The van der Waals surface area contributed by atoms with Gasteiger partial charge in [0.1, 0.15) is 23.3 Å². The highest BCUT2D eigenvalue weighted by molar-refractivity contribution is 5.97. The molecule has 0 bridgehead atoms. The first kappa shape index (κ1) is 25.0. The molecule has 0 aliphatic heterocycles. The predicted octanol–water partition coefficient (Wildman–Crippen LogP) is 5.57. The minimum Gasteiger partial charge on any atom is -0.348 e. The van der Waals surface area contributed by atoms with Crippen molar-refractivity contribution in [3.8, 4) is 17.2 Å². The Kier molecular flexibility index (Phi) is 6.80. The normalized spacial score (nSPS) is 11.9. The van der Waals surface area contributed by atoms with Crippen molar-refractivity contribution in [2.75, 3.05) is 19.5 Å². The van der Waals surface area contributed by atoms with E-state index in [2.05, 4.69) is 20.3 Å². The predicted molar refractivity (Wildman–Crippen MR) is 140 cm³/mol. The highest BCUT2D eigenvalue weighted by Crippen LogP contribution is 2.31. The molecule has 192 valence electrons. The highest BCUT2D eigenvalue weighted by atomic mass is 19.1. The molecule has 2 aromatic heterocycles. The maximum atomic E-state index is 14.9. The van der Waals surface area contributed by atoms with Gasteiger partial charge in [0.25, 0.3) is 5.91 Å². The van der Waals surface area contributed by atoms with Crippen molar-refractivity contribution in [3.05, 3.63) is 102 Å². The second-order valence-corrected chi connectivity index (χ2v) is 8.60. The number of halogens is 2. The Morgan fingerprint density at radius 3 is 2.55 bits per heavy atom. The fourth-order valence-electron chi connectivity index (χ4n) is 4.12. The maximum absolute atomic E-state index is 14.9. The summed E-state index contributed by atoms with van der Waals surface area (Å²) in [5.41, 5.74) is 2.46. The molecule has 0 aliphatic rings. The van der Waals surface area contributed by atoms with Gasteiger partial charge < -0.3 is 5.32 Å². The van der Waals surface area contributed by atoms with Gasteiger partial charge in [-0.3, -0.25) is 14.2 Å². The van der Waals surface area contributed by atoms with E-state index in [0.29, 0.717) is 28.4 Å². The van der Waals surface area contributed by atoms with Crippen LogP contribution in [0.5, 0.6) is 0 Å². The summed E-state index contributed by atoms with van der Waals surface area (Å²) in [6.07, 6.45) is 1.59. The molecular weight excluding hydrogens is 490 g/mol. The van der Waals surface area contributed by atoms with E-state index in [9.17, 15) is 13.6 Å². The molecule has 1 N–H and O–H groups in total. The number of hydrogen-bond donors (Lipinski definition) is 1. The lowest BCUT2D eigenvalue weighted by molar-refractivity contribution is -0.0756. The van der Waals surface area contributed by atoms with Gasteiger partial charge in [-0.25, -0.2) is 23.8 Å².